The molecule has 1 aliphatic rings. The molecule has 1 fully saturated rings. The van der Waals surface area contributed by atoms with Crippen molar-refractivity contribution in [1.82, 2.24) is 9.97 Å². The summed E-state index contributed by atoms with van der Waals surface area (Å²) in [6, 6.07) is 0.740. The predicted molar refractivity (Wildman–Crippen MR) is 72.0 cm³/mol. The summed E-state index contributed by atoms with van der Waals surface area (Å²) in [5.74, 6) is 0.0482. The monoisotopic (exact) mass is 337 g/mol. The van der Waals surface area contributed by atoms with Gasteiger partial charge in [-0.1, -0.05) is 0 Å². The first kappa shape index (κ1) is 15.9. The maximum absolute atomic E-state index is 13.1. The highest BCUT2D eigenvalue weighted by Crippen LogP contribution is 2.40. The van der Waals surface area contributed by atoms with Crippen LogP contribution in [0.1, 0.15) is 37.3 Å². The van der Waals surface area contributed by atoms with Crippen molar-refractivity contribution in [3.63, 3.8) is 0 Å². The number of aromatic amines is 1. The van der Waals surface area contributed by atoms with E-state index < -0.39 is 29.0 Å². The van der Waals surface area contributed by atoms with Crippen LogP contribution >= 0.6 is 0 Å². The van der Waals surface area contributed by atoms with Crippen molar-refractivity contribution in [3.8, 4) is 0 Å². The zero-order chi connectivity index (χ0) is 17.0. The Bertz CT molecular complexity index is 739. The molecule has 0 atom stereocenters. The second kappa shape index (κ2) is 4.78. The Morgan fingerprint density at radius 3 is 2.22 bits per heavy atom. The van der Waals surface area contributed by atoms with Gasteiger partial charge in [-0.25, -0.2) is 4.98 Å². The van der Waals surface area contributed by atoms with Crippen LogP contribution in [0.2, 0.25) is 0 Å². The standard InChI is InChI=1S/C14H13F6N3/c1-12(3-2-4-12)23-11-21-9-6-7(13(15,16)17)5-8(10(9)22-11)14(18,19)20/h5-6H,2-4H2,1H3,(H2,21,22,23). The highest BCUT2D eigenvalue weighted by atomic mass is 19.4. The van der Waals surface area contributed by atoms with Gasteiger partial charge in [0.2, 0.25) is 5.95 Å². The molecule has 2 aromatic rings. The molecule has 3 rings (SSSR count). The van der Waals surface area contributed by atoms with Gasteiger partial charge in [-0.05, 0) is 38.3 Å². The van der Waals surface area contributed by atoms with Crippen LogP contribution in [0, 0.1) is 0 Å². The van der Waals surface area contributed by atoms with E-state index in [9.17, 15) is 26.3 Å². The minimum absolute atomic E-state index is 0.0482. The molecular weight excluding hydrogens is 324 g/mol. The topological polar surface area (TPSA) is 40.7 Å². The smallest absolute Gasteiger partial charge is 0.351 e. The van der Waals surface area contributed by atoms with Gasteiger partial charge in [0.15, 0.2) is 0 Å². The number of H-pyrrole nitrogens is 1. The SMILES string of the molecule is CC1(Nc2nc3c(C(F)(F)F)cc(C(F)(F)F)cc3[nH]2)CCC1. The molecule has 0 bridgehead atoms. The molecule has 1 aromatic heterocycles. The molecule has 3 nitrogen and oxygen atoms in total. The lowest BCUT2D eigenvalue weighted by Crippen LogP contribution is -2.41. The quantitative estimate of drug-likeness (QED) is 0.761. The van der Waals surface area contributed by atoms with Crippen LogP contribution in [0.4, 0.5) is 32.3 Å². The minimum Gasteiger partial charge on any atom is -0.351 e. The Morgan fingerprint density at radius 2 is 1.74 bits per heavy atom. The molecule has 1 aromatic carbocycles. The minimum atomic E-state index is -4.92. The molecule has 23 heavy (non-hydrogen) atoms. The van der Waals surface area contributed by atoms with Gasteiger partial charge in [-0.2, -0.15) is 26.3 Å². The van der Waals surface area contributed by atoms with E-state index in [1.165, 1.54) is 0 Å². The fourth-order valence-corrected chi connectivity index (χ4v) is 2.67. The number of halogens is 6. The number of benzene rings is 1. The molecule has 1 aliphatic carbocycles. The van der Waals surface area contributed by atoms with Crippen molar-refractivity contribution < 1.29 is 26.3 Å². The van der Waals surface area contributed by atoms with E-state index in [4.69, 9.17) is 0 Å². The van der Waals surface area contributed by atoms with Gasteiger partial charge in [0.1, 0.15) is 5.52 Å². The van der Waals surface area contributed by atoms with Gasteiger partial charge in [0, 0.05) is 5.54 Å². The highest BCUT2D eigenvalue weighted by molar-refractivity contribution is 5.82. The summed E-state index contributed by atoms with van der Waals surface area (Å²) < 4.78 is 77.6. The zero-order valence-corrected chi connectivity index (χ0v) is 12.0. The lowest BCUT2D eigenvalue weighted by atomic mass is 9.79. The Labute approximate surface area is 127 Å². The number of hydrogen-bond acceptors (Lipinski definition) is 2. The predicted octanol–water partition coefficient (Wildman–Crippen LogP) is 4.96. The van der Waals surface area contributed by atoms with Crippen molar-refractivity contribution in [2.24, 2.45) is 0 Å². The van der Waals surface area contributed by atoms with Crippen LogP contribution in [0.25, 0.3) is 11.0 Å². The maximum Gasteiger partial charge on any atom is 0.418 e. The Kier molecular flexibility index (Phi) is 3.32. The van der Waals surface area contributed by atoms with E-state index in [0.29, 0.717) is 6.07 Å². The number of aromatic nitrogens is 2. The second-order valence-electron chi connectivity index (χ2n) is 6.04. The van der Waals surface area contributed by atoms with Crippen molar-refractivity contribution in [1.29, 1.82) is 0 Å². The van der Waals surface area contributed by atoms with Crippen molar-refractivity contribution in [2.75, 3.05) is 5.32 Å². The van der Waals surface area contributed by atoms with Gasteiger partial charge in [-0.15, -0.1) is 0 Å². The van der Waals surface area contributed by atoms with E-state index in [-0.39, 0.29) is 23.1 Å². The fourth-order valence-electron chi connectivity index (χ4n) is 2.67. The summed E-state index contributed by atoms with van der Waals surface area (Å²) in [7, 11) is 0. The zero-order valence-electron chi connectivity index (χ0n) is 12.0. The molecule has 0 unspecified atom stereocenters. The maximum atomic E-state index is 13.1. The van der Waals surface area contributed by atoms with Crippen LogP contribution in [0.15, 0.2) is 12.1 Å². The van der Waals surface area contributed by atoms with Crippen LogP contribution in [0.5, 0.6) is 0 Å². The van der Waals surface area contributed by atoms with Gasteiger partial charge < -0.3 is 10.3 Å². The molecule has 1 heterocycles. The van der Waals surface area contributed by atoms with Crippen molar-refractivity contribution in [2.45, 2.75) is 44.1 Å². The summed E-state index contributed by atoms with van der Waals surface area (Å²) in [4.78, 5) is 6.34. The third-order valence-corrected chi connectivity index (χ3v) is 4.10. The number of nitrogens with one attached hydrogen (secondary N) is 2. The largest absolute Gasteiger partial charge is 0.418 e. The van der Waals surface area contributed by atoms with Crippen molar-refractivity contribution >= 4 is 17.0 Å². The molecule has 0 aliphatic heterocycles. The molecule has 0 saturated heterocycles. The number of alkyl halides is 6. The first-order chi connectivity index (χ1) is 10.5. The van der Waals surface area contributed by atoms with E-state index in [0.717, 1.165) is 19.3 Å². The normalized spacial score (nSPS) is 18.0. The Morgan fingerprint density at radius 1 is 1.09 bits per heavy atom. The van der Waals surface area contributed by atoms with E-state index in [1.54, 1.807) is 0 Å². The van der Waals surface area contributed by atoms with E-state index in [1.807, 2.05) is 6.92 Å². The molecule has 0 amide bonds. The highest BCUT2D eigenvalue weighted by Gasteiger charge is 2.39. The van der Waals surface area contributed by atoms with Gasteiger partial charge >= 0.3 is 12.4 Å². The molecule has 9 heteroatoms. The number of hydrogen-bond donors (Lipinski definition) is 2. The van der Waals surface area contributed by atoms with E-state index >= 15 is 0 Å². The number of anilines is 1. The average Bonchev–Trinajstić information content (AvgIpc) is 2.75. The first-order valence-corrected chi connectivity index (χ1v) is 6.94. The van der Waals surface area contributed by atoms with Crippen molar-refractivity contribution in [3.05, 3.63) is 23.3 Å². The summed E-state index contributed by atoms with van der Waals surface area (Å²) in [6.07, 6.45) is -7.16. The summed E-state index contributed by atoms with van der Waals surface area (Å²) in [5, 5.41) is 2.97. The average molecular weight is 337 g/mol. The lowest BCUT2D eigenvalue weighted by Gasteiger charge is -2.38. The van der Waals surface area contributed by atoms with Crippen LogP contribution < -0.4 is 5.32 Å². The number of fused-ring (bicyclic) bond motifs is 1. The van der Waals surface area contributed by atoms with Crippen LogP contribution in [-0.4, -0.2) is 15.5 Å². The second-order valence-corrected chi connectivity index (χ2v) is 6.04. The molecule has 2 N–H and O–H groups in total. The molecular formula is C14H13F6N3. The molecule has 1 saturated carbocycles. The summed E-state index contributed by atoms with van der Waals surface area (Å²) in [5.41, 5.74) is -3.86. The van der Waals surface area contributed by atoms with Gasteiger partial charge in [0.05, 0.1) is 16.6 Å². The van der Waals surface area contributed by atoms with Gasteiger partial charge in [-0.3, -0.25) is 0 Å². The third kappa shape index (κ3) is 2.96. The third-order valence-electron chi connectivity index (χ3n) is 4.10. The molecule has 0 radical (unpaired) electrons. The first-order valence-electron chi connectivity index (χ1n) is 6.94. The number of nitrogens with zero attached hydrogens (tertiary/aromatic N) is 1. The summed E-state index contributed by atoms with van der Waals surface area (Å²) in [6.45, 7) is 1.88. The van der Waals surface area contributed by atoms with E-state index in [2.05, 4.69) is 15.3 Å². The Hall–Kier alpha value is -1.93. The van der Waals surface area contributed by atoms with Crippen LogP contribution in [0.3, 0.4) is 0 Å². The number of rotatable bonds is 2. The van der Waals surface area contributed by atoms with Gasteiger partial charge in [0.25, 0.3) is 0 Å². The Balaban J connectivity index is 2.12. The molecule has 126 valence electrons. The fraction of sp³-hybridized carbons (Fsp3) is 0.500. The lowest BCUT2D eigenvalue weighted by molar-refractivity contribution is -0.142. The van der Waals surface area contributed by atoms with Crippen LogP contribution in [-0.2, 0) is 12.4 Å². The summed E-state index contributed by atoms with van der Waals surface area (Å²) >= 11 is 0. The molecule has 0 spiro atoms. The number of imidazole rings is 1.